The number of phenolic OH excluding ortho intramolecular Hbond substituents is 2. The zero-order valence-corrected chi connectivity index (χ0v) is 16.1. The normalized spacial score (nSPS) is 12.3. The molecule has 1 atom stereocenters. The number of rotatable bonds is 12. The van der Waals surface area contributed by atoms with E-state index >= 15 is 0 Å². The minimum atomic E-state index is -0.146. The summed E-state index contributed by atoms with van der Waals surface area (Å²) in [6.07, 6.45) is 9.85. The van der Waals surface area contributed by atoms with Crippen LogP contribution in [0.2, 0.25) is 5.02 Å². The Morgan fingerprint density at radius 2 is 1.56 bits per heavy atom. The first kappa shape index (κ1) is 21.8. The lowest BCUT2D eigenvalue weighted by atomic mass is 9.97. The summed E-state index contributed by atoms with van der Waals surface area (Å²) in [6, 6.07) is 0. The molecule has 5 heteroatoms. The van der Waals surface area contributed by atoms with Crippen LogP contribution in [-0.4, -0.2) is 28.2 Å². The number of halogens is 1. The Balaban J connectivity index is 2.33. The highest BCUT2D eigenvalue weighted by molar-refractivity contribution is 6.33. The van der Waals surface area contributed by atoms with Crippen LogP contribution in [0.5, 0.6) is 11.5 Å². The number of benzene rings is 1. The highest BCUT2D eigenvalue weighted by atomic mass is 35.5. The molecule has 0 aliphatic carbocycles. The smallest absolute Gasteiger partial charge is 0.154 e. The van der Waals surface area contributed by atoms with Gasteiger partial charge < -0.3 is 15.3 Å². The third-order valence-corrected chi connectivity index (χ3v) is 5.28. The highest BCUT2D eigenvalue weighted by Crippen LogP contribution is 2.40. The summed E-state index contributed by atoms with van der Waals surface area (Å²) in [6.45, 7) is 3.95. The Labute approximate surface area is 155 Å². The first-order valence-electron chi connectivity index (χ1n) is 9.22. The van der Waals surface area contributed by atoms with Gasteiger partial charge in [-0.15, -0.1) is 0 Å². The predicted molar refractivity (Wildman–Crippen MR) is 102 cm³/mol. The van der Waals surface area contributed by atoms with Crippen LogP contribution in [0, 0.1) is 12.8 Å². The van der Waals surface area contributed by atoms with E-state index in [-0.39, 0.29) is 28.7 Å². The number of carbonyl (C=O) groups is 1. The molecule has 1 aromatic rings. The molecule has 0 heterocycles. The molecular formula is C20H31ClO4. The fourth-order valence-electron chi connectivity index (χ4n) is 3.03. The lowest BCUT2D eigenvalue weighted by Gasteiger charge is -2.13. The predicted octanol–water partition coefficient (Wildman–Crippen LogP) is 5.16. The third-order valence-electron chi connectivity index (χ3n) is 4.82. The fourth-order valence-corrected chi connectivity index (χ4v) is 3.25. The van der Waals surface area contributed by atoms with Gasteiger partial charge in [-0.25, -0.2) is 0 Å². The van der Waals surface area contributed by atoms with Crippen LogP contribution < -0.4 is 0 Å². The molecule has 0 radical (unpaired) electrons. The number of aliphatic hydroxyl groups excluding tert-OH is 1. The maximum Gasteiger partial charge on any atom is 0.154 e. The fraction of sp³-hybridized carbons (Fsp3) is 0.650. The number of phenols is 2. The maximum atomic E-state index is 11.1. The largest absolute Gasteiger partial charge is 0.507 e. The maximum absolute atomic E-state index is 11.1. The van der Waals surface area contributed by atoms with Crippen molar-refractivity contribution >= 4 is 17.9 Å². The van der Waals surface area contributed by atoms with E-state index in [0.717, 1.165) is 25.7 Å². The first-order chi connectivity index (χ1) is 11.9. The Bertz CT molecular complexity index is 557. The zero-order valence-electron chi connectivity index (χ0n) is 15.4. The third kappa shape index (κ3) is 6.52. The number of unbranched alkanes of at least 4 members (excludes halogenated alkanes) is 6. The number of carbonyl (C=O) groups excluding carboxylic acids is 1. The Hall–Kier alpha value is -1.26. The number of hydrogen-bond donors (Lipinski definition) is 3. The molecule has 25 heavy (non-hydrogen) atoms. The first-order valence-corrected chi connectivity index (χ1v) is 9.60. The number of aromatic hydroxyl groups is 2. The number of aliphatic hydroxyl groups is 1. The molecule has 1 unspecified atom stereocenters. The van der Waals surface area contributed by atoms with Crippen molar-refractivity contribution < 1.29 is 20.1 Å². The molecule has 142 valence electrons. The van der Waals surface area contributed by atoms with Crippen molar-refractivity contribution in [2.45, 2.75) is 71.6 Å². The summed E-state index contributed by atoms with van der Waals surface area (Å²) < 4.78 is 0. The zero-order chi connectivity index (χ0) is 18.8. The summed E-state index contributed by atoms with van der Waals surface area (Å²) in [5, 5.41) is 29.4. The Kier molecular flexibility index (Phi) is 9.91. The monoisotopic (exact) mass is 370 g/mol. The van der Waals surface area contributed by atoms with Gasteiger partial charge in [0, 0.05) is 12.2 Å². The van der Waals surface area contributed by atoms with E-state index in [1.54, 1.807) is 6.92 Å². The molecule has 0 saturated carbocycles. The summed E-state index contributed by atoms with van der Waals surface area (Å²) in [5.41, 5.74) is 0.941. The van der Waals surface area contributed by atoms with Gasteiger partial charge in [0.2, 0.25) is 0 Å². The van der Waals surface area contributed by atoms with Gasteiger partial charge in [-0.3, -0.25) is 4.79 Å². The topological polar surface area (TPSA) is 77.8 Å². The lowest BCUT2D eigenvalue weighted by Crippen LogP contribution is -1.99. The SMILES string of the molecule is Cc1c(Cl)c(O)c(CCCCCCCCCC(C)CO)c(O)c1C=O. The molecule has 0 fully saturated rings. The molecule has 0 bridgehead atoms. The van der Waals surface area contributed by atoms with E-state index in [1.165, 1.54) is 25.7 Å². The van der Waals surface area contributed by atoms with E-state index in [4.69, 9.17) is 16.7 Å². The molecule has 0 aliphatic heterocycles. The van der Waals surface area contributed by atoms with Gasteiger partial charge in [-0.1, -0.05) is 57.0 Å². The van der Waals surface area contributed by atoms with Crippen molar-refractivity contribution in [2.75, 3.05) is 6.61 Å². The molecule has 1 rings (SSSR count). The van der Waals surface area contributed by atoms with Gasteiger partial charge in [0.05, 0.1) is 10.6 Å². The van der Waals surface area contributed by atoms with Gasteiger partial charge in [0.1, 0.15) is 11.5 Å². The van der Waals surface area contributed by atoms with Crippen LogP contribution in [0.15, 0.2) is 0 Å². The van der Waals surface area contributed by atoms with Crippen LogP contribution in [0.3, 0.4) is 0 Å². The Morgan fingerprint density at radius 1 is 1.00 bits per heavy atom. The summed E-state index contributed by atoms with van der Waals surface area (Å²) in [4.78, 5) is 11.1. The van der Waals surface area contributed by atoms with Gasteiger partial charge in [-0.2, -0.15) is 0 Å². The van der Waals surface area contributed by atoms with Gasteiger partial charge >= 0.3 is 0 Å². The molecule has 0 amide bonds. The molecule has 0 aliphatic rings. The molecule has 0 saturated heterocycles. The average molecular weight is 371 g/mol. The highest BCUT2D eigenvalue weighted by Gasteiger charge is 2.19. The van der Waals surface area contributed by atoms with E-state index < -0.39 is 0 Å². The van der Waals surface area contributed by atoms with Gasteiger partial charge in [0.25, 0.3) is 0 Å². The van der Waals surface area contributed by atoms with Crippen LogP contribution in [0.25, 0.3) is 0 Å². The molecule has 0 spiro atoms. The molecule has 1 aromatic carbocycles. The quantitative estimate of drug-likeness (QED) is 0.350. The average Bonchev–Trinajstić information content (AvgIpc) is 2.61. The van der Waals surface area contributed by atoms with Crippen LogP contribution in [0.4, 0.5) is 0 Å². The Morgan fingerprint density at radius 3 is 2.12 bits per heavy atom. The standard InChI is InChI=1S/C20H31ClO4/c1-14(12-22)10-8-6-4-3-5-7-9-11-16-19(24)17(13-23)15(2)18(21)20(16)25/h13-14,22,24-25H,3-12H2,1-2H3. The summed E-state index contributed by atoms with van der Waals surface area (Å²) in [5.74, 6) is 0.144. The van der Waals surface area contributed by atoms with Crippen molar-refractivity contribution in [1.82, 2.24) is 0 Å². The van der Waals surface area contributed by atoms with E-state index in [9.17, 15) is 15.0 Å². The second-order valence-electron chi connectivity index (χ2n) is 6.95. The number of aldehydes is 1. The van der Waals surface area contributed by atoms with E-state index in [2.05, 4.69) is 6.92 Å². The van der Waals surface area contributed by atoms with E-state index in [0.29, 0.717) is 29.8 Å². The second kappa shape index (κ2) is 11.4. The van der Waals surface area contributed by atoms with Crippen LogP contribution in [0.1, 0.15) is 79.8 Å². The summed E-state index contributed by atoms with van der Waals surface area (Å²) in [7, 11) is 0. The summed E-state index contributed by atoms with van der Waals surface area (Å²) >= 11 is 6.05. The number of hydrogen-bond acceptors (Lipinski definition) is 4. The molecule has 4 nitrogen and oxygen atoms in total. The minimum absolute atomic E-state index is 0.111. The van der Waals surface area contributed by atoms with Crippen molar-refractivity contribution in [2.24, 2.45) is 5.92 Å². The van der Waals surface area contributed by atoms with Crippen molar-refractivity contribution in [3.8, 4) is 11.5 Å². The van der Waals surface area contributed by atoms with Crippen molar-refractivity contribution in [1.29, 1.82) is 0 Å². The van der Waals surface area contributed by atoms with E-state index in [1.807, 2.05) is 0 Å². The molecule has 0 aromatic heterocycles. The molecular weight excluding hydrogens is 340 g/mol. The second-order valence-corrected chi connectivity index (χ2v) is 7.33. The van der Waals surface area contributed by atoms with Crippen molar-refractivity contribution in [3.05, 3.63) is 21.7 Å². The minimum Gasteiger partial charge on any atom is -0.507 e. The lowest BCUT2D eigenvalue weighted by molar-refractivity contribution is 0.112. The van der Waals surface area contributed by atoms with Crippen molar-refractivity contribution in [3.63, 3.8) is 0 Å². The van der Waals surface area contributed by atoms with Crippen LogP contribution in [-0.2, 0) is 6.42 Å². The van der Waals surface area contributed by atoms with Gasteiger partial charge in [0.15, 0.2) is 6.29 Å². The van der Waals surface area contributed by atoms with Crippen LogP contribution >= 0.6 is 11.6 Å². The molecule has 3 N–H and O–H groups in total. The van der Waals surface area contributed by atoms with Gasteiger partial charge in [-0.05, 0) is 37.7 Å².